The molecule has 2 heterocycles. The molecule has 3 rings (SSSR count). The van der Waals surface area contributed by atoms with E-state index in [0.29, 0.717) is 23.6 Å². The molecular formula is C17H18N6O3. The van der Waals surface area contributed by atoms with Gasteiger partial charge in [0.2, 0.25) is 5.91 Å². The number of anilines is 1. The third kappa shape index (κ3) is 3.77. The van der Waals surface area contributed by atoms with Crippen molar-refractivity contribution in [1.82, 2.24) is 19.6 Å². The van der Waals surface area contributed by atoms with Crippen molar-refractivity contribution in [1.29, 1.82) is 0 Å². The monoisotopic (exact) mass is 354 g/mol. The normalized spacial score (nSPS) is 10.7. The van der Waals surface area contributed by atoms with E-state index >= 15 is 0 Å². The lowest BCUT2D eigenvalue weighted by molar-refractivity contribution is -0.386. The first-order chi connectivity index (χ1) is 12.4. The maximum Gasteiger partial charge on any atom is 0.312 e. The molecule has 0 unspecified atom stereocenters. The van der Waals surface area contributed by atoms with Gasteiger partial charge in [0, 0.05) is 18.1 Å². The molecule has 1 aromatic carbocycles. The van der Waals surface area contributed by atoms with Crippen LogP contribution in [0.5, 0.6) is 0 Å². The molecule has 0 aliphatic rings. The van der Waals surface area contributed by atoms with Gasteiger partial charge in [0.05, 0.1) is 11.5 Å². The average molecular weight is 354 g/mol. The molecular weight excluding hydrogens is 336 g/mol. The largest absolute Gasteiger partial charge is 0.324 e. The number of aromatic nitrogens is 4. The van der Waals surface area contributed by atoms with Gasteiger partial charge in [-0.15, -0.1) is 0 Å². The summed E-state index contributed by atoms with van der Waals surface area (Å²) in [6.07, 6.45) is 3.57. The molecule has 0 aliphatic heterocycles. The molecule has 0 fully saturated rings. The van der Waals surface area contributed by atoms with Crippen molar-refractivity contribution in [2.75, 3.05) is 5.32 Å². The highest BCUT2D eigenvalue weighted by atomic mass is 16.6. The van der Waals surface area contributed by atoms with E-state index in [1.54, 1.807) is 30.8 Å². The number of nitrogens with zero attached hydrogens (tertiary/aromatic N) is 5. The highest BCUT2D eigenvalue weighted by molar-refractivity contribution is 5.90. The summed E-state index contributed by atoms with van der Waals surface area (Å²) in [5.74, 6) is -0.304. The predicted octanol–water partition coefficient (Wildman–Crippen LogP) is 2.29. The first kappa shape index (κ1) is 17.3. The zero-order chi connectivity index (χ0) is 18.7. The molecule has 2 aromatic heterocycles. The van der Waals surface area contributed by atoms with E-state index in [1.807, 2.05) is 30.5 Å². The number of carbonyl (C=O) groups is 1. The maximum atomic E-state index is 12.3. The lowest BCUT2D eigenvalue weighted by atomic mass is 10.2. The Hall–Kier alpha value is -3.49. The summed E-state index contributed by atoms with van der Waals surface area (Å²) in [4.78, 5) is 22.9. The second-order valence-corrected chi connectivity index (χ2v) is 5.89. The fourth-order valence-corrected chi connectivity index (χ4v) is 2.77. The van der Waals surface area contributed by atoms with Gasteiger partial charge in [-0.05, 0) is 37.6 Å². The van der Waals surface area contributed by atoms with Crippen LogP contribution in [0, 0.1) is 24.0 Å². The van der Waals surface area contributed by atoms with Crippen molar-refractivity contribution < 1.29 is 9.72 Å². The lowest BCUT2D eigenvalue weighted by Gasteiger charge is -2.08. The van der Waals surface area contributed by atoms with Crippen LogP contribution in [0.2, 0.25) is 0 Å². The highest BCUT2D eigenvalue weighted by Gasteiger charge is 2.22. The molecule has 0 bridgehead atoms. The number of hydrogen-bond acceptors (Lipinski definition) is 5. The summed E-state index contributed by atoms with van der Waals surface area (Å²) < 4.78 is 3.13. The van der Waals surface area contributed by atoms with Gasteiger partial charge in [-0.1, -0.05) is 12.1 Å². The van der Waals surface area contributed by atoms with Crippen molar-refractivity contribution in [2.45, 2.75) is 26.9 Å². The van der Waals surface area contributed by atoms with Crippen LogP contribution < -0.4 is 5.32 Å². The zero-order valence-electron chi connectivity index (χ0n) is 14.4. The standard InChI is InChI=1S/C17H18N6O3/c1-12-17(23(25)26)13(2)22(20-12)11-16(24)19-15-6-3-5-14(9-15)10-21-8-4-7-18-21/h3-9H,10-11H2,1-2H3,(H,19,24). The fourth-order valence-electron chi connectivity index (χ4n) is 2.77. The number of aryl methyl sites for hydroxylation is 1. The Morgan fingerprint density at radius 3 is 2.77 bits per heavy atom. The van der Waals surface area contributed by atoms with Crippen molar-refractivity contribution in [3.8, 4) is 0 Å². The van der Waals surface area contributed by atoms with E-state index in [0.717, 1.165) is 5.56 Å². The van der Waals surface area contributed by atoms with E-state index in [2.05, 4.69) is 15.5 Å². The molecule has 9 heteroatoms. The highest BCUT2D eigenvalue weighted by Crippen LogP contribution is 2.21. The van der Waals surface area contributed by atoms with Gasteiger partial charge in [0.1, 0.15) is 17.9 Å². The van der Waals surface area contributed by atoms with Crippen molar-refractivity contribution in [3.05, 3.63) is 69.8 Å². The van der Waals surface area contributed by atoms with E-state index in [9.17, 15) is 14.9 Å². The minimum Gasteiger partial charge on any atom is -0.324 e. The van der Waals surface area contributed by atoms with Gasteiger partial charge in [0.25, 0.3) is 0 Å². The predicted molar refractivity (Wildman–Crippen MR) is 94.8 cm³/mol. The molecule has 0 aliphatic carbocycles. The van der Waals surface area contributed by atoms with Crippen LogP contribution in [0.15, 0.2) is 42.7 Å². The fraction of sp³-hybridized carbons (Fsp3) is 0.235. The molecule has 0 spiro atoms. The molecule has 0 saturated carbocycles. The Labute approximate surface area is 149 Å². The summed E-state index contributed by atoms with van der Waals surface area (Å²) >= 11 is 0. The van der Waals surface area contributed by atoms with Gasteiger partial charge < -0.3 is 5.32 Å². The Morgan fingerprint density at radius 1 is 1.31 bits per heavy atom. The van der Waals surface area contributed by atoms with Crippen molar-refractivity contribution in [3.63, 3.8) is 0 Å². The topological polar surface area (TPSA) is 108 Å². The Balaban J connectivity index is 1.69. The van der Waals surface area contributed by atoms with Crippen molar-refractivity contribution >= 4 is 17.3 Å². The van der Waals surface area contributed by atoms with Gasteiger partial charge in [-0.2, -0.15) is 10.2 Å². The first-order valence-corrected chi connectivity index (χ1v) is 7.98. The number of nitrogens with one attached hydrogen (secondary N) is 1. The number of amides is 1. The summed E-state index contributed by atoms with van der Waals surface area (Å²) in [5.41, 5.74) is 2.24. The summed E-state index contributed by atoms with van der Waals surface area (Å²) in [6, 6.07) is 9.29. The second kappa shape index (κ2) is 7.18. The third-order valence-corrected chi connectivity index (χ3v) is 3.93. The van der Waals surface area contributed by atoms with Gasteiger partial charge in [-0.3, -0.25) is 24.3 Å². The molecule has 9 nitrogen and oxygen atoms in total. The molecule has 1 amide bonds. The molecule has 1 N–H and O–H groups in total. The second-order valence-electron chi connectivity index (χ2n) is 5.89. The van der Waals surface area contributed by atoms with Gasteiger partial charge in [0.15, 0.2) is 0 Å². The number of carbonyl (C=O) groups excluding carboxylic acids is 1. The van der Waals surface area contributed by atoms with E-state index in [-0.39, 0.29) is 18.1 Å². The average Bonchev–Trinajstić information content (AvgIpc) is 3.16. The van der Waals surface area contributed by atoms with Crippen LogP contribution in [0.3, 0.4) is 0 Å². The smallest absolute Gasteiger partial charge is 0.312 e. The molecule has 134 valence electrons. The number of rotatable bonds is 6. The Kier molecular flexibility index (Phi) is 4.78. The quantitative estimate of drug-likeness (QED) is 0.540. The molecule has 26 heavy (non-hydrogen) atoms. The van der Waals surface area contributed by atoms with Gasteiger partial charge >= 0.3 is 5.69 Å². The Bertz CT molecular complexity index is 946. The van der Waals surface area contributed by atoms with Crippen LogP contribution in [0.1, 0.15) is 17.0 Å². The van der Waals surface area contributed by atoms with Crippen LogP contribution in [0.25, 0.3) is 0 Å². The van der Waals surface area contributed by atoms with Crippen LogP contribution in [-0.2, 0) is 17.9 Å². The van der Waals surface area contributed by atoms with E-state index in [4.69, 9.17) is 0 Å². The van der Waals surface area contributed by atoms with E-state index in [1.165, 1.54) is 4.68 Å². The molecule has 0 saturated heterocycles. The molecule has 0 atom stereocenters. The molecule has 3 aromatic rings. The van der Waals surface area contributed by atoms with Crippen LogP contribution in [-0.4, -0.2) is 30.4 Å². The summed E-state index contributed by atoms with van der Waals surface area (Å²) in [7, 11) is 0. The van der Waals surface area contributed by atoms with Crippen LogP contribution >= 0.6 is 0 Å². The number of hydrogen-bond donors (Lipinski definition) is 1. The van der Waals surface area contributed by atoms with Gasteiger partial charge in [-0.25, -0.2) is 0 Å². The van der Waals surface area contributed by atoms with Crippen molar-refractivity contribution in [2.24, 2.45) is 0 Å². The third-order valence-electron chi connectivity index (χ3n) is 3.93. The SMILES string of the molecule is Cc1nn(CC(=O)Nc2cccc(Cn3cccn3)c2)c(C)c1[N+](=O)[O-]. The zero-order valence-corrected chi connectivity index (χ0v) is 14.4. The minimum absolute atomic E-state index is 0.0565. The minimum atomic E-state index is -0.481. The maximum absolute atomic E-state index is 12.3. The molecule has 0 radical (unpaired) electrons. The summed E-state index contributed by atoms with van der Waals surface area (Å²) in [5, 5.41) is 22.1. The lowest BCUT2D eigenvalue weighted by Crippen LogP contribution is -2.20. The first-order valence-electron chi connectivity index (χ1n) is 7.98. The van der Waals surface area contributed by atoms with Crippen LogP contribution in [0.4, 0.5) is 11.4 Å². The number of benzene rings is 1. The Morgan fingerprint density at radius 2 is 2.12 bits per heavy atom. The summed E-state index contributed by atoms with van der Waals surface area (Å²) in [6.45, 7) is 3.64. The number of nitro groups is 1. The van der Waals surface area contributed by atoms with E-state index < -0.39 is 4.92 Å².